The van der Waals surface area contributed by atoms with Gasteiger partial charge in [-0.3, -0.25) is 0 Å². The molecular formula is C13H14ClF3N4. The van der Waals surface area contributed by atoms with Crippen LogP contribution in [-0.4, -0.2) is 27.6 Å². The fourth-order valence-electron chi connectivity index (χ4n) is 2.70. The molecule has 4 nitrogen and oxygen atoms in total. The number of imidazole rings is 1. The summed E-state index contributed by atoms with van der Waals surface area (Å²) in [5.74, 6) is -0.701. The van der Waals surface area contributed by atoms with Crippen LogP contribution in [0.4, 0.5) is 13.2 Å². The van der Waals surface area contributed by atoms with Crippen molar-refractivity contribution >= 4 is 22.8 Å². The molecule has 0 spiro atoms. The largest absolute Gasteiger partial charge is 0.449 e. The smallest absolute Gasteiger partial charge is 0.317 e. The van der Waals surface area contributed by atoms with Gasteiger partial charge in [0.1, 0.15) is 5.52 Å². The topological polar surface area (TPSA) is 42.7 Å². The molecule has 0 saturated carbocycles. The number of halogens is 4. The van der Waals surface area contributed by atoms with Gasteiger partial charge >= 0.3 is 6.18 Å². The van der Waals surface area contributed by atoms with Gasteiger partial charge in [0, 0.05) is 12.7 Å². The highest BCUT2D eigenvalue weighted by Gasteiger charge is 2.38. The number of rotatable bonds is 2. The van der Waals surface area contributed by atoms with E-state index in [0.29, 0.717) is 0 Å². The van der Waals surface area contributed by atoms with E-state index in [1.165, 1.54) is 16.8 Å². The molecule has 1 saturated heterocycles. The zero-order valence-electron chi connectivity index (χ0n) is 11.1. The number of aromatic nitrogens is 3. The van der Waals surface area contributed by atoms with Crippen LogP contribution in [0.25, 0.3) is 11.2 Å². The summed E-state index contributed by atoms with van der Waals surface area (Å²) >= 11 is 5.79. The van der Waals surface area contributed by atoms with Gasteiger partial charge in [-0.05, 0) is 37.9 Å². The molecule has 3 rings (SSSR count). The van der Waals surface area contributed by atoms with Crippen molar-refractivity contribution in [1.29, 1.82) is 0 Å². The van der Waals surface area contributed by atoms with Crippen molar-refractivity contribution in [3.05, 3.63) is 23.1 Å². The molecule has 2 aromatic rings. The lowest BCUT2D eigenvalue weighted by atomic mass is 9.98. The molecule has 0 unspecified atom stereocenters. The Labute approximate surface area is 124 Å². The summed E-state index contributed by atoms with van der Waals surface area (Å²) < 4.78 is 40.7. The first-order valence-electron chi connectivity index (χ1n) is 6.75. The molecule has 0 amide bonds. The molecule has 0 aromatic carbocycles. The van der Waals surface area contributed by atoms with Gasteiger partial charge in [0.25, 0.3) is 0 Å². The molecule has 8 heteroatoms. The lowest BCUT2D eigenvalue weighted by Crippen LogP contribution is -2.30. The van der Waals surface area contributed by atoms with Crippen molar-refractivity contribution in [2.45, 2.75) is 25.6 Å². The number of pyridine rings is 1. The van der Waals surface area contributed by atoms with E-state index >= 15 is 0 Å². The van der Waals surface area contributed by atoms with E-state index < -0.39 is 12.0 Å². The Balaban J connectivity index is 2.04. The summed E-state index contributed by atoms with van der Waals surface area (Å²) in [4.78, 5) is 7.72. The number of fused-ring (bicyclic) bond motifs is 1. The van der Waals surface area contributed by atoms with Crippen LogP contribution < -0.4 is 5.32 Å². The molecule has 0 radical (unpaired) electrons. The minimum Gasteiger partial charge on any atom is -0.317 e. The van der Waals surface area contributed by atoms with Crippen LogP contribution in [-0.2, 0) is 12.7 Å². The lowest BCUT2D eigenvalue weighted by Gasteiger charge is -2.24. The fourth-order valence-corrected chi connectivity index (χ4v) is 2.85. The van der Waals surface area contributed by atoms with E-state index in [2.05, 4.69) is 15.3 Å². The Morgan fingerprint density at radius 1 is 1.33 bits per heavy atom. The van der Waals surface area contributed by atoms with E-state index in [0.717, 1.165) is 25.9 Å². The van der Waals surface area contributed by atoms with Crippen LogP contribution in [0.15, 0.2) is 12.3 Å². The van der Waals surface area contributed by atoms with Crippen LogP contribution in [0.1, 0.15) is 18.7 Å². The van der Waals surface area contributed by atoms with Crippen molar-refractivity contribution < 1.29 is 13.2 Å². The summed E-state index contributed by atoms with van der Waals surface area (Å²) in [5.41, 5.74) is 0.425. The Bertz CT molecular complexity index is 647. The predicted molar refractivity (Wildman–Crippen MR) is 73.1 cm³/mol. The van der Waals surface area contributed by atoms with Gasteiger partial charge in [0.15, 0.2) is 5.65 Å². The van der Waals surface area contributed by atoms with Crippen molar-refractivity contribution in [2.24, 2.45) is 5.92 Å². The van der Waals surface area contributed by atoms with E-state index in [9.17, 15) is 13.2 Å². The Hall–Kier alpha value is -1.34. The second-order valence-electron chi connectivity index (χ2n) is 5.23. The minimum atomic E-state index is -4.50. The summed E-state index contributed by atoms with van der Waals surface area (Å²) in [6.07, 6.45) is -1.44. The first-order valence-corrected chi connectivity index (χ1v) is 7.12. The Morgan fingerprint density at radius 3 is 2.71 bits per heavy atom. The van der Waals surface area contributed by atoms with Crippen LogP contribution in [0.5, 0.6) is 0 Å². The first-order chi connectivity index (χ1) is 9.95. The number of nitrogens with zero attached hydrogens (tertiary/aromatic N) is 3. The quantitative estimate of drug-likeness (QED) is 0.925. The van der Waals surface area contributed by atoms with Crippen molar-refractivity contribution in [3.63, 3.8) is 0 Å². The molecular weight excluding hydrogens is 305 g/mol. The molecule has 0 atom stereocenters. The molecule has 1 fully saturated rings. The second-order valence-corrected chi connectivity index (χ2v) is 5.67. The van der Waals surface area contributed by atoms with Gasteiger partial charge in [0.2, 0.25) is 5.82 Å². The normalized spacial score (nSPS) is 17.5. The third kappa shape index (κ3) is 2.98. The third-order valence-corrected chi connectivity index (χ3v) is 3.91. The maximum Gasteiger partial charge on any atom is 0.449 e. The van der Waals surface area contributed by atoms with E-state index in [-0.39, 0.29) is 28.6 Å². The van der Waals surface area contributed by atoms with E-state index in [1.54, 1.807) is 0 Å². The fraction of sp³-hybridized carbons (Fsp3) is 0.538. The van der Waals surface area contributed by atoms with Gasteiger partial charge in [-0.2, -0.15) is 13.2 Å². The minimum absolute atomic E-state index is 0.184. The molecule has 3 heterocycles. The molecule has 114 valence electrons. The maximum absolute atomic E-state index is 13.2. The average Bonchev–Trinajstić information content (AvgIpc) is 2.78. The van der Waals surface area contributed by atoms with Crippen molar-refractivity contribution in [2.75, 3.05) is 13.1 Å². The summed E-state index contributed by atoms with van der Waals surface area (Å²) in [5, 5.41) is 3.48. The first kappa shape index (κ1) is 14.6. The SMILES string of the molecule is FC(F)(F)c1nc2cc(Cl)cnc2n1CC1CCNCC1. The second kappa shape index (κ2) is 5.46. The Morgan fingerprint density at radius 2 is 2.05 bits per heavy atom. The number of alkyl halides is 3. The number of hydrogen-bond acceptors (Lipinski definition) is 3. The van der Waals surface area contributed by atoms with Crippen LogP contribution >= 0.6 is 11.6 Å². The number of piperidine rings is 1. The standard InChI is InChI=1S/C13H14ClF3N4/c14-9-5-10-11(19-6-9)21(12(20-10)13(15,16)17)7-8-1-3-18-4-2-8/h5-6,8,18H,1-4,7H2. The Kier molecular flexibility index (Phi) is 3.79. The molecule has 1 aliphatic heterocycles. The summed E-state index contributed by atoms with van der Waals surface area (Å²) in [6.45, 7) is 1.94. The monoisotopic (exact) mass is 318 g/mol. The van der Waals surface area contributed by atoms with Crippen LogP contribution in [0.2, 0.25) is 5.02 Å². The summed E-state index contributed by atoms with van der Waals surface area (Å²) in [6, 6.07) is 1.41. The van der Waals surface area contributed by atoms with E-state index in [1.807, 2.05) is 0 Å². The van der Waals surface area contributed by atoms with Gasteiger partial charge in [-0.15, -0.1) is 0 Å². The molecule has 1 aliphatic rings. The van der Waals surface area contributed by atoms with Gasteiger partial charge in [0.05, 0.1) is 5.02 Å². The molecule has 2 aromatic heterocycles. The summed E-state index contributed by atoms with van der Waals surface area (Å²) in [7, 11) is 0. The van der Waals surface area contributed by atoms with Gasteiger partial charge < -0.3 is 9.88 Å². The van der Waals surface area contributed by atoms with Crippen molar-refractivity contribution in [3.8, 4) is 0 Å². The predicted octanol–water partition coefficient (Wildman–Crippen LogP) is 3.10. The zero-order chi connectivity index (χ0) is 15.0. The van der Waals surface area contributed by atoms with E-state index in [4.69, 9.17) is 11.6 Å². The number of hydrogen-bond donors (Lipinski definition) is 1. The van der Waals surface area contributed by atoms with Crippen LogP contribution in [0.3, 0.4) is 0 Å². The van der Waals surface area contributed by atoms with Gasteiger partial charge in [-0.1, -0.05) is 11.6 Å². The van der Waals surface area contributed by atoms with Gasteiger partial charge in [-0.25, -0.2) is 9.97 Å². The molecule has 21 heavy (non-hydrogen) atoms. The highest BCUT2D eigenvalue weighted by molar-refractivity contribution is 6.31. The van der Waals surface area contributed by atoms with Crippen LogP contribution in [0, 0.1) is 5.92 Å². The number of nitrogens with one attached hydrogen (secondary N) is 1. The zero-order valence-corrected chi connectivity index (χ0v) is 11.9. The third-order valence-electron chi connectivity index (χ3n) is 3.70. The highest BCUT2D eigenvalue weighted by atomic mass is 35.5. The molecule has 0 bridgehead atoms. The lowest BCUT2D eigenvalue weighted by molar-refractivity contribution is -0.147. The molecule has 1 N–H and O–H groups in total. The average molecular weight is 319 g/mol. The highest BCUT2D eigenvalue weighted by Crippen LogP contribution is 2.32. The maximum atomic E-state index is 13.2. The molecule has 0 aliphatic carbocycles. The van der Waals surface area contributed by atoms with Crippen molar-refractivity contribution in [1.82, 2.24) is 19.9 Å².